The van der Waals surface area contributed by atoms with Gasteiger partial charge in [0.1, 0.15) is 4.88 Å². The maximum atomic E-state index is 11.8. The molecule has 3 nitrogen and oxygen atoms in total. The number of likely N-dealkylation sites (tertiary alicyclic amines) is 1. The van der Waals surface area contributed by atoms with Gasteiger partial charge in [-0.3, -0.25) is 4.79 Å². The van der Waals surface area contributed by atoms with Crippen LogP contribution < -0.4 is 0 Å². The number of aryl methyl sites for hydroxylation is 1. The van der Waals surface area contributed by atoms with Gasteiger partial charge in [-0.25, -0.2) is 4.98 Å². The van der Waals surface area contributed by atoms with Crippen molar-refractivity contribution in [2.75, 3.05) is 19.0 Å². The summed E-state index contributed by atoms with van der Waals surface area (Å²) < 4.78 is 0. The van der Waals surface area contributed by atoms with Crippen LogP contribution in [-0.2, 0) is 0 Å². The molecule has 1 aromatic heterocycles. The van der Waals surface area contributed by atoms with Gasteiger partial charge in [0.25, 0.3) is 5.91 Å². The van der Waals surface area contributed by atoms with Crippen LogP contribution in [0.4, 0.5) is 0 Å². The highest BCUT2D eigenvalue weighted by atomic mass is 35.5. The van der Waals surface area contributed by atoms with Crippen molar-refractivity contribution >= 4 is 28.8 Å². The van der Waals surface area contributed by atoms with Crippen LogP contribution in [0, 0.1) is 12.8 Å². The average Bonchev–Trinajstić information content (AvgIpc) is 2.49. The second-order valence-electron chi connectivity index (χ2n) is 3.50. The van der Waals surface area contributed by atoms with Crippen molar-refractivity contribution in [1.82, 2.24) is 9.88 Å². The van der Waals surface area contributed by atoms with Crippen molar-refractivity contribution in [3.8, 4) is 0 Å². The number of carbonyl (C=O) groups is 1. The highest BCUT2D eigenvalue weighted by molar-refractivity contribution is 7.11. The molecule has 1 fully saturated rings. The predicted molar refractivity (Wildman–Crippen MR) is 57.0 cm³/mol. The van der Waals surface area contributed by atoms with Crippen LogP contribution in [0.25, 0.3) is 0 Å². The van der Waals surface area contributed by atoms with E-state index in [0.717, 1.165) is 23.7 Å². The second kappa shape index (κ2) is 3.87. The van der Waals surface area contributed by atoms with Gasteiger partial charge in [0.15, 0.2) is 0 Å². The monoisotopic (exact) mass is 230 g/mol. The smallest absolute Gasteiger partial charge is 0.265 e. The van der Waals surface area contributed by atoms with Crippen LogP contribution in [0.5, 0.6) is 0 Å². The largest absolute Gasteiger partial charge is 0.337 e. The first-order valence-electron chi connectivity index (χ1n) is 4.47. The molecule has 5 heteroatoms. The molecule has 1 aliphatic heterocycles. The lowest BCUT2D eigenvalue weighted by molar-refractivity contribution is 0.0540. The van der Waals surface area contributed by atoms with Gasteiger partial charge in [-0.1, -0.05) is 0 Å². The van der Waals surface area contributed by atoms with E-state index in [0.29, 0.717) is 11.8 Å². The van der Waals surface area contributed by atoms with E-state index >= 15 is 0 Å². The molecule has 0 aliphatic carbocycles. The molecule has 1 amide bonds. The van der Waals surface area contributed by atoms with Gasteiger partial charge in [0, 0.05) is 24.9 Å². The molecule has 0 atom stereocenters. The standard InChI is InChI=1S/C9H11ClN2OS/c1-6-8(14-5-11-6)9(13)12-3-7(2-10)4-12/h5,7H,2-4H2,1H3. The number of nitrogens with zero attached hydrogens (tertiary/aromatic N) is 2. The van der Waals surface area contributed by atoms with E-state index in [1.807, 2.05) is 11.8 Å². The van der Waals surface area contributed by atoms with Crippen LogP contribution in [0.15, 0.2) is 5.51 Å². The Morgan fingerprint density at radius 2 is 2.50 bits per heavy atom. The molecule has 76 valence electrons. The number of hydrogen-bond acceptors (Lipinski definition) is 3. The van der Waals surface area contributed by atoms with E-state index < -0.39 is 0 Å². The summed E-state index contributed by atoms with van der Waals surface area (Å²) in [6.07, 6.45) is 0. The number of aromatic nitrogens is 1. The van der Waals surface area contributed by atoms with Crippen LogP contribution in [0.2, 0.25) is 0 Å². The molecule has 1 saturated heterocycles. The van der Waals surface area contributed by atoms with Crippen molar-refractivity contribution in [3.63, 3.8) is 0 Å². The molecule has 2 rings (SSSR count). The first-order chi connectivity index (χ1) is 6.72. The van der Waals surface area contributed by atoms with E-state index in [-0.39, 0.29) is 5.91 Å². The van der Waals surface area contributed by atoms with Gasteiger partial charge in [-0.15, -0.1) is 22.9 Å². The van der Waals surface area contributed by atoms with Gasteiger partial charge in [0.2, 0.25) is 0 Å². The summed E-state index contributed by atoms with van der Waals surface area (Å²) in [5.74, 6) is 1.23. The summed E-state index contributed by atoms with van der Waals surface area (Å²) in [6, 6.07) is 0. The van der Waals surface area contributed by atoms with Crippen LogP contribution >= 0.6 is 22.9 Å². The molecule has 1 aliphatic rings. The predicted octanol–water partition coefficient (Wildman–Crippen LogP) is 1.76. The lowest BCUT2D eigenvalue weighted by atomic mass is 10.0. The number of carbonyl (C=O) groups excluding carboxylic acids is 1. The van der Waals surface area contributed by atoms with Gasteiger partial charge in [0.05, 0.1) is 11.2 Å². The van der Waals surface area contributed by atoms with Gasteiger partial charge >= 0.3 is 0 Å². The highest BCUT2D eigenvalue weighted by Crippen LogP contribution is 2.22. The fourth-order valence-corrected chi connectivity index (χ4v) is 2.45. The Kier molecular flexibility index (Phi) is 2.74. The molecule has 1 aromatic rings. The molecule has 14 heavy (non-hydrogen) atoms. The molecule has 0 saturated carbocycles. The number of halogens is 1. The molecule has 2 heterocycles. The van der Waals surface area contributed by atoms with Crippen molar-refractivity contribution in [1.29, 1.82) is 0 Å². The van der Waals surface area contributed by atoms with Gasteiger partial charge < -0.3 is 4.90 Å². The Morgan fingerprint density at radius 3 is 3.00 bits per heavy atom. The number of rotatable bonds is 2. The average molecular weight is 231 g/mol. The van der Waals surface area contributed by atoms with E-state index in [1.54, 1.807) is 5.51 Å². The lowest BCUT2D eigenvalue weighted by Crippen LogP contribution is -2.50. The first kappa shape index (κ1) is 9.93. The van der Waals surface area contributed by atoms with Gasteiger partial charge in [-0.05, 0) is 6.92 Å². The van der Waals surface area contributed by atoms with Crippen molar-refractivity contribution in [2.45, 2.75) is 6.92 Å². The molecule has 0 aromatic carbocycles. The quantitative estimate of drug-likeness (QED) is 0.726. The number of thiazole rings is 1. The second-order valence-corrected chi connectivity index (χ2v) is 4.66. The number of amides is 1. The molecule has 0 N–H and O–H groups in total. The zero-order valence-electron chi connectivity index (χ0n) is 7.86. The Bertz CT molecular complexity index is 346. The van der Waals surface area contributed by atoms with Crippen molar-refractivity contribution in [3.05, 3.63) is 16.1 Å². The normalized spacial score (nSPS) is 16.9. The van der Waals surface area contributed by atoms with E-state index in [4.69, 9.17) is 11.6 Å². The molecule has 0 unspecified atom stereocenters. The van der Waals surface area contributed by atoms with E-state index in [9.17, 15) is 4.79 Å². The van der Waals surface area contributed by atoms with E-state index in [2.05, 4.69) is 4.98 Å². The Hall–Kier alpha value is -0.610. The summed E-state index contributed by atoms with van der Waals surface area (Å²) >= 11 is 7.09. The zero-order chi connectivity index (χ0) is 10.1. The third-order valence-electron chi connectivity index (χ3n) is 2.40. The van der Waals surface area contributed by atoms with Crippen LogP contribution in [-0.4, -0.2) is 34.8 Å². The zero-order valence-corrected chi connectivity index (χ0v) is 9.44. The van der Waals surface area contributed by atoms with Crippen LogP contribution in [0.1, 0.15) is 15.4 Å². The molecular weight excluding hydrogens is 220 g/mol. The van der Waals surface area contributed by atoms with E-state index in [1.165, 1.54) is 11.3 Å². The fourth-order valence-electron chi connectivity index (χ4n) is 1.48. The minimum Gasteiger partial charge on any atom is -0.337 e. The maximum Gasteiger partial charge on any atom is 0.265 e. The third-order valence-corrected chi connectivity index (χ3v) is 3.76. The van der Waals surface area contributed by atoms with Crippen molar-refractivity contribution < 1.29 is 4.79 Å². The summed E-state index contributed by atoms with van der Waals surface area (Å²) in [7, 11) is 0. The fraction of sp³-hybridized carbons (Fsp3) is 0.556. The lowest BCUT2D eigenvalue weighted by Gasteiger charge is -2.37. The topological polar surface area (TPSA) is 33.2 Å². The molecular formula is C9H11ClN2OS. The summed E-state index contributed by atoms with van der Waals surface area (Å²) in [4.78, 5) is 18.5. The molecule has 0 spiro atoms. The molecule has 0 bridgehead atoms. The highest BCUT2D eigenvalue weighted by Gasteiger charge is 2.31. The SMILES string of the molecule is Cc1ncsc1C(=O)N1CC(CCl)C1. The Morgan fingerprint density at radius 1 is 1.79 bits per heavy atom. The van der Waals surface area contributed by atoms with Crippen LogP contribution in [0.3, 0.4) is 0 Å². The summed E-state index contributed by atoms with van der Waals surface area (Å²) in [5, 5.41) is 0. The number of hydrogen-bond donors (Lipinski definition) is 0. The summed E-state index contributed by atoms with van der Waals surface area (Å²) in [6.45, 7) is 3.45. The first-order valence-corrected chi connectivity index (χ1v) is 5.89. The minimum atomic E-state index is 0.103. The summed E-state index contributed by atoms with van der Waals surface area (Å²) in [5.41, 5.74) is 2.54. The Labute approximate surface area is 91.7 Å². The Balaban J connectivity index is 2.01. The van der Waals surface area contributed by atoms with Crippen molar-refractivity contribution in [2.24, 2.45) is 5.92 Å². The minimum absolute atomic E-state index is 0.103. The maximum absolute atomic E-state index is 11.8. The van der Waals surface area contributed by atoms with Gasteiger partial charge in [-0.2, -0.15) is 0 Å². The number of alkyl halides is 1. The molecule has 0 radical (unpaired) electrons. The third kappa shape index (κ3) is 1.64.